The Hall–Kier alpha value is -7.96. The lowest BCUT2D eigenvalue weighted by atomic mass is 10.0. The van der Waals surface area contributed by atoms with Gasteiger partial charge in [-0.3, -0.25) is 4.57 Å². The van der Waals surface area contributed by atoms with Crippen molar-refractivity contribution in [3.8, 4) is 5.69 Å². The van der Waals surface area contributed by atoms with Crippen molar-refractivity contribution in [2.45, 2.75) is 27.2 Å². The molecule has 4 aromatic heterocycles. The predicted molar refractivity (Wildman–Crippen MR) is 259 cm³/mol. The Morgan fingerprint density at radius 1 is 0.468 bits per heavy atom. The number of aliphatic imine (C=N–C) groups is 2. The standard InChI is InChI=1S/C56H40N4O2/c1-4-34(2)54(37-27-29-43-41-20-11-15-25-50(41)62-52(43)33-37)58-56(57-35(3)36-26-28-42-40-19-10-14-24-49(40)61-51(42)32-36)60-47-23-13-9-21-45(47)53-48(60)31-30-44-39-18-8-12-22-46(39)59(55(44)53)38-16-6-5-7-17-38/h5-33H,4H2,1-3H3/b54-34+,57-35?,58-56?. The van der Waals surface area contributed by atoms with Gasteiger partial charge in [-0.05, 0) is 98.1 Å². The molecular formula is C56H40N4O2. The Balaban J connectivity index is 1.16. The van der Waals surface area contributed by atoms with Crippen molar-refractivity contribution in [3.05, 3.63) is 193 Å². The number of para-hydroxylation sites is 5. The van der Waals surface area contributed by atoms with Crippen LogP contribution in [0.15, 0.2) is 200 Å². The molecule has 0 spiro atoms. The fourth-order valence-electron chi connectivity index (χ4n) is 9.41. The van der Waals surface area contributed by atoms with Crippen molar-refractivity contribution < 1.29 is 8.83 Å². The minimum atomic E-state index is 0.563. The van der Waals surface area contributed by atoms with Crippen LogP contribution in [0, 0.1) is 0 Å². The van der Waals surface area contributed by atoms with Crippen LogP contribution in [0.3, 0.4) is 0 Å². The molecule has 0 aliphatic rings. The highest BCUT2D eigenvalue weighted by Gasteiger charge is 2.23. The first-order valence-corrected chi connectivity index (χ1v) is 21.2. The maximum Gasteiger partial charge on any atom is 0.235 e. The molecule has 4 heterocycles. The van der Waals surface area contributed by atoms with Gasteiger partial charge in [-0.15, -0.1) is 0 Å². The monoisotopic (exact) mass is 800 g/mol. The van der Waals surface area contributed by atoms with Crippen molar-refractivity contribution >= 4 is 105 Å². The maximum absolute atomic E-state index is 6.43. The average Bonchev–Trinajstić information content (AvgIpc) is 4.07. The van der Waals surface area contributed by atoms with Crippen LogP contribution in [0.4, 0.5) is 0 Å². The summed E-state index contributed by atoms with van der Waals surface area (Å²) < 4.78 is 17.5. The smallest absolute Gasteiger partial charge is 0.235 e. The van der Waals surface area contributed by atoms with E-state index in [2.05, 4.69) is 182 Å². The van der Waals surface area contributed by atoms with E-state index in [1.807, 2.05) is 24.3 Å². The molecule has 6 heteroatoms. The number of aromatic nitrogens is 2. The van der Waals surface area contributed by atoms with E-state index in [-0.39, 0.29) is 0 Å². The molecule has 12 aromatic rings. The first-order valence-electron chi connectivity index (χ1n) is 21.2. The quantitative estimate of drug-likeness (QED) is 0.129. The molecule has 0 aliphatic carbocycles. The summed E-state index contributed by atoms with van der Waals surface area (Å²) in [6.07, 6.45) is 0.806. The molecule has 0 aliphatic heterocycles. The zero-order chi connectivity index (χ0) is 41.5. The summed E-state index contributed by atoms with van der Waals surface area (Å²) in [5.41, 5.74) is 13.6. The van der Waals surface area contributed by atoms with Gasteiger partial charge >= 0.3 is 0 Å². The summed E-state index contributed by atoms with van der Waals surface area (Å²) >= 11 is 0. The molecule has 0 saturated carbocycles. The Morgan fingerprint density at radius 3 is 1.71 bits per heavy atom. The first-order chi connectivity index (χ1) is 30.5. The molecular weight excluding hydrogens is 761 g/mol. The number of benzene rings is 8. The van der Waals surface area contributed by atoms with Crippen molar-refractivity contribution in [2.24, 2.45) is 9.98 Å². The van der Waals surface area contributed by atoms with E-state index < -0.39 is 0 Å². The Morgan fingerprint density at radius 2 is 1.02 bits per heavy atom. The summed E-state index contributed by atoms with van der Waals surface area (Å²) in [7, 11) is 0. The van der Waals surface area contributed by atoms with Crippen molar-refractivity contribution in [3.63, 3.8) is 0 Å². The van der Waals surface area contributed by atoms with Gasteiger partial charge in [0, 0.05) is 60.1 Å². The van der Waals surface area contributed by atoms with E-state index >= 15 is 0 Å². The van der Waals surface area contributed by atoms with Crippen LogP contribution in [0.5, 0.6) is 0 Å². The molecule has 296 valence electrons. The Kier molecular flexibility index (Phi) is 8.16. The molecule has 0 radical (unpaired) electrons. The summed E-state index contributed by atoms with van der Waals surface area (Å²) in [4.78, 5) is 11.2. The van der Waals surface area contributed by atoms with E-state index in [0.29, 0.717) is 5.96 Å². The van der Waals surface area contributed by atoms with Crippen LogP contribution in [0.25, 0.3) is 98.9 Å². The lowest BCUT2D eigenvalue weighted by Crippen LogP contribution is -2.13. The molecule has 6 nitrogen and oxygen atoms in total. The highest BCUT2D eigenvalue weighted by Crippen LogP contribution is 2.42. The Labute approximate surface area is 357 Å². The minimum absolute atomic E-state index is 0.563. The number of allylic oxidation sites excluding steroid dienone is 1. The van der Waals surface area contributed by atoms with Gasteiger partial charge in [-0.2, -0.15) is 0 Å². The number of nitrogens with zero attached hydrogens (tertiary/aromatic N) is 4. The molecule has 0 saturated heterocycles. The lowest BCUT2D eigenvalue weighted by Gasteiger charge is -2.13. The minimum Gasteiger partial charge on any atom is -0.456 e. The third kappa shape index (κ3) is 5.50. The van der Waals surface area contributed by atoms with E-state index in [1.165, 1.54) is 10.8 Å². The van der Waals surface area contributed by atoms with Crippen LogP contribution in [-0.2, 0) is 0 Å². The molecule has 0 unspecified atom stereocenters. The van der Waals surface area contributed by atoms with Crippen molar-refractivity contribution in [1.29, 1.82) is 0 Å². The summed E-state index contributed by atoms with van der Waals surface area (Å²) in [6.45, 7) is 6.41. The third-order valence-electron chi connectivity index (χ3n) is 12.5. The largest absolute Gasteiger partial charge is 0.456 e. The molecule has 0 atom stereocenters. The van der Waals surface area contributed by atoms with Crippen molar-refractivity contribution in [2.75, 3.05) is 0 Å². The predicted octanol–water partition coefficient (Wildman–Crippen LogP) is 15.2. The third-order valence-corrected chi connectivity index (χ3v) is 12.5. The van der Waals surface area contributed by atoms with Crippen molar-refractivity contribution in [1.82, 2.24) is 9.13 Å². The zero-order valence-corrected chi connectivity index (χ0v) is 34.6. The summed E-state index contributed by atoms with van der Waals surface area (Å²) in [5.74, 6) is 0.563. The highest BCUT2D eigenvalue weighted by atomic mass is 16.3. The van der Waals surface area contributed by atoms with Crippen LogP contribution in [-0.4, -0.2) is 20.8 Å². The fourth-order valence-corrected chi connectivity index (χ4v) is 9.41. The van der Waals surface area contributed by atoms with Crippen LogP contribution in [0.1, 0.15) is 38.3 Å². The number of fused-ring (bicyclic) bond motifs is 13. The second-order valence-corrected chi connectivity index (χ2v) is 16.1. The Bertz CT molecular complexity index is 3870. The topological polar surface area (TPSA) is 60.9 Å². The first kappa shape index (κ1) is 35.9. The molecule has 0 N–H and O–H groups in total. The second-order valence-electron chi connectivity index (χ2n) is 16.1. The molecule has 8 aromatic carbocycles. The molecule has 62 heavy (non-hydrogen) atoms. The van der Waals surface area contributed by atoms with Crippen LogP contribution >= 0.6 is 0 Å². The average molecular weight is 801 g/mol. The van der Waals surface area contributed by atoms with Gasteiger partial charge in [0.25, 0.3) is 0 Å². The van der Waals surface area contributed by atoms with Crippen LogP contribution in [0.2, 0.25) is 0 Å². The van der Waals surface area contributed by atoms with E-state index in [1.54, 1.807) is 0 Å². The highest BCUT2D eigenvalue weighted by molar-refractivity contribution is 6.28. The number of hydrogen-bond donors (Lipinski definition) is 0. The number of hydrogen-bond acceptors (Lipinski definition) is 3. The molecule has 12 rings (SSSR count). The van der Waals surface area contributed by atoms with E-state index in [0.717, 1.165) is 117 Å². The summed E-state index contributed by atoms with van der Waals surface area (Å²) in [6, 6.07) is 61.7. The fraction of sp³-hybridized carbons (Fsp3) is 0.0714. The van der Waals surface area contributed by atoms with E-state index in [4.69, 9.17) is 18.8 Å². The van der Waals surface area contributed by atoms with E-state index in [9.17, 15) is 0 Å². The molecule has 0 bridgehead atoms. The SMILES string of the molecule is CC/C(C)=C(/N=C(N=C(C)c1ccc2c(c1)oc1ccccc12)n1c2ccccc2c2c1ccc1c3ccccc3n(-c3ccccc3)c12)c1ccc2c(c1)oc1ccccc12. The maximum atomic E-state index is 6.43. The van der Waals surface area contributed by atoms with Gasteiger partial charge in [0.2, 0.25) is 5.96 Å². The second kappa shape index (κ2) is 14.1. The van der Waals surface area contributed by atoms with Gasteiger partial charge < -0.3 is 13.4 Å². The summed E-state index contributed by atoms with van der Waals surface area (Å²) in [5, 5.41) is 9.02. The van der Waals surface area contributed by atoms with Gasteiger partial charge in [0.15, 0.2) is 0 Å². The molecule has 0 fully saturated rings. The van der Waals surface area contributed by atoms with Gasteiger partial charge in [0.1, 0.15) is 22.3 Å². The number of rotatable bonds is 5. The van der Waals surface area contributed by atoms with Gasteiger partial charge in [0.05, 0.1) is 27.8 Å². The zero-order valence-electron chi connectivity index (χ0n) is 34.6. The lowest BCUT2D eigenvalue weighted by molar-refractivity contribution is 0.668. The normalized spacial score (nSPS) is 13.3. The van der Waals surface area contributed by atoms with Gasteiger partial charge in [-0.25, -0.2) is 9.98 Å². The van der Waals surface area contributed by atoms with Gasteiger partial charge in [-0.1, -0.05) is 116 Å². The molecule has 0 amide bonds. The van der Waals surface area contributed by atoms with Crippen LogP contribution < -0.4 is 0 Å². The number of furan rings is 2.